The minimum absolute atomic E-state index is 0.0839. The van der Waals surface area contributed by atoms with Gasteiger partial charge in [0.2, 0.25) is 15.9 Å². The fourth-order valence-corrected chi connectivity index (χ4v) is 4.80. The van der Waals surface area contributed by atoms with E-state index in [-0.39, 0.29) is 23.3 Å². The molecule has 1 N–H and O–H groups in total. The van der Waals surface area contributed by atoms with Crippen LogP contribution >= 0.6 is 0 Å². The highest BCUT2D eigenvalue weighted by atomic mass is 32.2. The number of rotatable bonds is 5. The largest absolute Gasteiger partial charge is 0.352 e. The molecule has 144 valence electrons. The van der Waals surface area contributed by atoms with E-state index in [1.165, 1.54) is 9.87 Å². The summed E-state index contributed by atoms with van der Waals surface area (Å²) in [6.45, 7) is 5.09. The number of aryl methyl sites for hydroxylation is 2. The Labute approximate surface area is 161 Å². The van der Waals surface area contributed by atoms with E-state index < -0.39 is 10.0 Å². The lowest BCUT2D eigenvalue weighted by atomic mass is 9.98. The van der Waals surface area contributed by atoms with Gasteiger partial charge in [0, 0.05) is 19.6 Å². The first-order valence-electron chi connectivity index (χ1n) is 9.26. The third-order valence-corrected chi connectivity index (χ3v) is 6.88. The number of amides is 1. The minimum atomic E-state index is -3.56. The second kappa shape index (κ2) is 8.23. The molecular formula is C21H26N2O3S. The van der Waals surface area contributed by atoms with Crippen LogP contribution in [-0.4, -0.2) is 31.7 Å². The van der Waals surface area contributed by atoms with Crippen molar-refractivity contribution in [2.24, 2.45) is 5.92 Å². The third kappa shape index (κ3) is 4.76. The second-order valence-corrected chi connectivity index (χ2v) is 9.16. The number of hydrogen-bond donors (Lipinski definition) is 1. The van der Waals surface area contributed by atoms with Gasteiger partial charge >= 0.3 is 0 Å². The number of carbonyl (C=O) groups excluding carboxylic acids is 1. The number of piperidine rings is 1. The van der Waals surface area contributed by atoms with Gasteiger partial charge < -0.3 is 5.32 Å². The van der Waals surface area contributed by atoms with Crippen LogP contribution in [0.15, 0.2) is 53.4 Å². The highest BCUT2D eigenvalue weighted by Crippen LogP contribution is 2.24. The maximum atomic E-state index is 12.9. The molecule has 1 heterocycles. The Hall–Kier alpha value is -2.18. The monoisotopic (exact) mass is 386 g/mol. The van der Waals surface area contributed by atoms with Crippen molar-refractivity contribution in [2.45, 2.75) is 38.1 Å². The third-order valence-electron chi connectivity index (χ3n) is 5.00. The summed E-state index contributed by atoms with van der Waals surface area (Å²) in [5, 5.41) is 2.95. The van der Waals surface area contributed by atoms with Gasteiger partial charge in [-0.25, -0.2) is 8.42 Å². The fourth-order valence-electron chi connectivity index (χ4n) is 3.27. The molecule has 0 spiro atoms. The number of benzene rings is 2. The zero-order chi connectivity index (χ0) is 19.4. The van der Waals surface area contributed by atoms with Crippen LogP contribution in [0.5, 0.6) is 0 Å². The smallest absolute Gasteiger partial charge is 0.243 e. The zero-order valence-corrected chi connectivity index (χ0v) is 16.6. The maximum Gasteiger partial charge on any atom is 0.243 e. The van der Waals surface area contributed by atoms with Gasteiger partial charge in [0.1, 0.15) is 0 Å². The Bertz CT molecular complexity index is 890. The highest BCUT2D eigenvalue weighted by Gasteiger charge is 2.33. The molecule has 1 atom stereocenters. The van der Waals surface area contributed by atoms with Crippen LogP contribution in [0.2, 0.25) is 0 Å². The lowest BCUT2D eigenvalue weighted by molar-refractivity contribution is -0.126. The van der Waals surface area contributed by atoms with Gasteiger partial charge in [-0.15, -0.1) is 0 Å². The summed E-state index contributed by atoms with van der Waals surface area (Å²) in [4.78, 5) is 12.8. The van der Waals surface area contributed by atoms with Crippen LogP contribution < -0.4 is 5.32 Å². The first-order chi connectivity index (χ1) is 12.9. The van der Waals surface area contributed by atoms with Gasteiger partial charge in [0.15, 0.2) is 0 Å². The van der Waals surface area contributed by atoms with E-state index in [1.54, 1.807) is 24.3 Å². The molecule has 0 aromatic heterocycles. The Balaban J connectivity index is 1.63. The predicted molar refractivity (Wildman–Crippen MR) is 106 cm³/mol. The summed E-state index contributed by atoms with van der Waals surface area (Å²) < 4.78 is 27.2. The SMILES string of the molecule is Cc1ccc(CNC(=O)[C@@H]2CCCN(S(=O)(=O)c3ccc(C)cc3)C2)cc1. The first kappa shape index (κ1) is 19.6. The van der Waals surface area contributed by atoms with Gasteiger partial charge in [-0.2, -0.15) is 4.31 Å². The van der Waals surface area contributed by atoms with E-state index in [0.29, 0.717) is 25.9 Å². The summed E-state index contributed by atoms with van der Waals surface area (Å²) in [5.74, 6) is -0.399. The van der Waals surface area contributed by atoms with Crippen molar-refractivity contribution in [3.8, 4) is 0 Å². The molecule has 1 aliphatic heterocycles. The number of nitrogens with one attached hydrogen (secondary N) is 1. The van der Waals surface area contributed by atoms with Crippen molar-refractivity contribution in [3.63, 3.8) is 0 Å². The van der Waals surface area contributed by atoms with Crippen molar-refractivity contribution in [1.29, 1.82) is 0 Å². The lowest BCUT2D eigenvalue weighted by Gasteiger charge is -2.31. The van der Waals surface area contributed by atoms with Crippen molar-refractivity contribution in [3.05, 3.63) is 65.2 Å². The van der Waals surface area contributed by atoms with Crippen LogP contribution in [0, 0.1) is 19.8 Å². The molecule has 2 aromatic rings. The lowest BCUT2D eigenvalue weighted by Crippen LogP contribution is -2.45. The maximum absolute atomic E-state index is 12.9. The van der Waals surface area contributed by atoms with Crippen LogP contribution in [-0.2, 0) is 21.4 Å². The van der Waals surface area contributed by atoms with E-state index in [0.717, 1.165) is 11.1 Å². The van der Waals surface area contributed by atoms with Crippen molar-refractivity contribution in [1.82, 2.24) is 9.62 Å². The number of sulfonamides is 1. The number of hydrogen-bond acceptors (Lipinski definition) is 3. The Morgan fingerprint density at radius 1 is 1.04 bits per heavy atom. The summed E-state index contributed by atoms with van der Waals surface area (Å²) >= 11 is 0. The van der Waals surface area contributed by atoms with Crippen molar-refractivity contribution in [2.75, 3.05) is 13.1 Å². The number of nitrogens with zero attached hydrogens (tertiary/aromatic N) is 1. The van der Waals surface area contributed by atoms with Crippen LogP contribution in [0.3, 0.4) is 0 Å². The minimum Gasteiger partial charge on any atom is -0.352 e. The van der Waals surface area contributed by atoms with E-state index in [9.17, 15) is 13.2 Å². The molecular weight excluding hydrogens is 360 g/mol. The van der Waals surface area contributed by atoms with Crippen LogP contribution in [0.4, 0.5) is 0 Å². The molecule has 27 heavy (non-hydrogen) atoms. The molecule has 0 saturated carbocycles. The standard InChI is InChI=1S/C21H26N2O3S/c1-16-5-9-18(10-6-16)14-22-21(24)19-4-3-13-23(15-19)27(25,26)20-11-7-17(2)8-12-20/h5-12,19H,3-4,13-15H2,1-2H3,(H,22,24)/t19-/m1/s1. The molecule has 1 fully saturated rings. The van der Waals surface area contributed by atoms with Crippen molar-refractivity contribution < 1.29 is 13.2 Å². The molecule has 6 heteroatoms. The molecule has 0 unspecified atom stereocenters. The Morgan fingerprint density at radius 3 is 2.26 bits per heavy atom. The average Bonchev–Trinajstić information content (AvgIpc) is 2.68. The molecule has 0 bridgehead atoms. The summed E-state index contributed by atoms with van der Waals surface area (Å²) in [7, 11) is -3.56. The topological polar surface area (TPSA) is 66.5 Å². The van der Waals surface area contributed by atoms with E-state index in [1.807, 2.05) is 38.1 Å². The first-order valence-corrected chi connectivity index (χ1v) is 10.7. The molecule has 2 aromatic carbocycles. The normalized spacial score (nSPS) is 18.2. The molecule has 0 radical (unpaired) electrons. The molecule has 3 rings (SSSR count). The molecule has 1 saturated heterocycles. The average molecular weight is 387 g/mol. The quantitative estimate of drug-likeness (QED) is 0.859. The van der Waals surface area contributed by atoms with Gasteiger partial charge in [0.05, 0.1) is 10.8 Å². The van der Waals surface area contributed by atoms with E-state index in [2.05, 4.69) is 5.32 Å². The van der Waals surface area contributed by atoms with Gasteiger partial charge in [-0.3, -0.25) is 4.79 Å². The molecule has 1 aliphatic rings. The van der Waals surface area contributed by atoms with Crippen LogP contribution in [0.25, 0.3) is 0 Å². The molecule has 0 aliphatic carbocycles. The van der Waals surface area contributed by atoms with Crippen molar-refractivity contribution >= 4 is 15.9 Å². The van der Waals surface area contributed by atoms with Gasteiger partial charge in [0.25, 0.3) is 0 Å². The molecule has 5 nitrogen and oxygen atoms in total. The van der Waals surface area contributed by atoms with Gasteiger partial charge in [-0.05, 0) is 44.4 Å². The second-order valence-electron chi connectivity index (χ2n) is 7.22. The Kier molecular flexibility index (Phi) is 5.97. The summed E-state index contributed by atoms with van der Waals surface area (Å²) in [5.41, 5.74) is 3.23. The fraction of sp³-hybridized carbons (Fsp3) is 0.381. The van der Waals surface area contributed by atoms with Crippen LogP contribution in [0.1, 0.15) is 29.5 Å². The summed E-state index contributed by atoms with van der Waals surface area (Å²) in [6, 6.07) is 14.9. The zero-order valence-electron chi connectivity index (χ0n) is 15.8. The highest BCUT2D eigenvalue weighted by molar-refractivity contribution is 7.89. The predicted octanol–water partition coefficient (Wildman–Crippen LogP) is 3.02. The van der Waals surface area contributed by atoms with E-state index >= 15 is 0 Å². The van der Waals surface area contributed by atoms with E-state index in [4.69, 9.17) is 0 Å². The number of carbonyl (C=O) groups is 1. The van der Waals surface area contributed by atoms with Gasteiger partial charge in [-0.1, -0.05) is 47.5 Å². The Morgan fingerprint density at radius 2 is 1.63 bits per heavy atom. The molecule has 1 amide bonds. The summed E-state index contributed by atoms with van der Waals surface area (Å²) in [6.07, 6.45) is 1.40.